The third-order valence-corrected chi connectivity index (χ3v) is 3.87. The number of aromatic nitrogens is 1. The zero-order valence-corrected chi connectivity index (χ0v) is 11.7. The normalized spacial score (nSPS) is 20.4. The number of hydrogen-bond donors (Lipinski definition) is 1. The molecule has 100 valence electrons. The average Bonchev–Trinajstić information content (AvgIpc) is 2.85. The molecule has 0 amide bonds. The molecule has 1 aromatic heterocycles. The van der Waals surface area contributed by atoms with Gasteiger partial charge in [-0.05, 0) is 37.1 Å². The first-order valence-electron chi connectivity index (χ1n) is 7.19. The zero-order chi connectivity index (χ0) is 12.8. The van der Waals surface area contributed by atoms with Crippen molar-refractivity contribution in [2.45, 2.75) is 39.8 Å². The number of pyridine rings is 1. The van der Waals surface area contributed by atoms with Gasteiger partial charge in [0.1, 0.15) is 0 Å². The fourth-order valence-corrected chi connectivity index (χ4v) is 2.64. The Morgan fingerprint density at radius 2 is 2.33 bits per heavy atom. The Labute approximate surface area is 111 Å². The van der Waals surface area contributed by atoms with Gasteiger partial charge in [-0.1, -0.05) is 26.3 Å². The van der Waals surface area contributed by atoms with Gasteiger partial charge in [0.05, 0.1) is 5.69 Å². The van der Waals surface area contributed by atoms with E-state index in [1.807, 2.05) is 12.3 Å². The van der Waals surface area contributed by atoms with Crippen molar-refractivity contribution < 1.29 is 0 Å². The number of likely N-dealkylation sites (tertiary alicyclic amines) is 1. The summed E-state index contributed by atoms with van der Waals surface area (Å²) in [7, 11) is 0. The van der Waals surface area contributed by atoms with E-state index in [0.717, 1.165) is 25.6 Å². The molecule has 1 N–H and O–H groups in total. The lowest BCUT2D eigenvalue weighted by Crippen LogP contribution is -2.23. The molecule has 1 unspecified atom stereocenters. The van der Waals surface area contributed by atoms with Crippen molar-refractivity contribution in [2.24, 2.45) is 5.92 Å². The van der Waals surface area contributed by atoms with Crippen LogP contribution >= 0.6 is 0 Å². The number of nitrogens with one attached hydrogen (secondary N) is 1. The molecule has 1 atom stereocenters. The van der Waals surface area contributed by atoms with E-state index in [9.17, 15) is 0 Å². The van der Waals surface area contributed by atoms with Crippen LogP contribution in [0.5, 0.6) is 0 Å². The van der Waals surface area contributed by atoms with Crippen LogP contribution < -0.4 is 5.32 Å². The third-order valence-electron chi connectivity index (χ3n) is 3.87. The highest BCUT2D eigenvalue weighted by Crippen LogP contribution is 2.21. The topological polar surface area (TPSA) is 28.2 Å². The smallest absolute Gasteiger partial charge is 0.0588 e. The molecule has 0 saturated carbocycles. The summed E-state index contributed by atoms with van der Waals surface area (Å²) in [5.41, 5.74) is 2.59. The van der Waals surface area contributed by atoms with Crippen molar-refractivity contribution in [2.75, 3.05) is 19.6 Å². The molecule has 0 bridgehead atoms. The highest BCUT2D eigenvalue weighted by Gasteiger charge is 2.21. The fourth-order valence-electron chi connectivity index (χ4n) is 2.64. The minimum Gasteiger partial charge on any atom is -0.313 e. The van der Waals surface area contributed by atoms with Crippen molar-refractivity contribution in [3.63, 3.8) is 0 Å². The molecule has 3 nitrogen and oxygen atoms in total. The molecule has 0 aromatic carbocycles. The summed E-state index contributed by atoms with van der Waals surface area (Å²) in [4.78, 5) is 7.11. The summed E-state index contributed by atoms with van der Waals surface area (Å²) < 4.78 is 0. The molecule has 1 aromatic rings. The summed E-state index contributed by atoms with van der Waals surface area (Å²) in [6, 6.07) is 4.23. The van der Waals surface area contributed by atoms with E-state index in [2.05, 4.69) is 35.1 Å². The van der Waals surface area contributed by atoms with Crippen molar-refractivity contribution in [3.05, 3.63) is 29.6 Å². The summed E-state index contributed by atoms with van der Waals surface area (Å²) in [6.07, 6.45) is 4.58. The van der Waals surface area contributed by atoms with Gasteiger partial charge in [-0.25, -0.2) is 0 Å². The monoisotopic (exact) mass is 247 g/mol. The first-order chi connectivity index (χ1) is 8.83. The molecule has 1 aliphatic heterocycles. The van der Waals surface area contributed by atoms with E-state index >= 15 is 0 Å². The first-order valence-corrected chi connectivity index (χ1v) is 7.19. The van der Waals surface area contributed by atoms with Crippen molar-refractivity contribution in [1.29, 1.82) is 0 Å². The molecular formula is C15H25N3. The van der Waals surface area contributed by atoms with Gasteiger partial charge in [-0.2, -0.15) is 0 Å². The largest absolute Gasteiger partial charge is 0.313 e. The Morgan fingerprint density at radius 1 is 1.44 bits per heavy atom. The molecule has 0 spiro atoms. The highest BCUT2D eigenvalue weighted by molar-refractivity contribution is 5.19. The van der Waals surface area contributed by atoms with E-state index < -0.39 is 0 Å². The van der Waals surface area contributed by atoms with Crippen LogP contribution in [-0.4, -0.2) is 29.5 Å². The van der Waals surface area contributed by atoms with Crippen molar-refractivity contribution in [3.8, 4) is 0 Å². The van der Waals surface area contributed by atoms with Gasteiger partial charge in [-0.15, -0.1) is 0 Å². The van der Waals surface area contributed by atoms with Crippen LogP contribution in [0.25, 0.3) is 0 Å². The minimum absolute atomic E-state index is 0.894. The maximum absolute atomic E-state index is 4.56. The molecule has 1 aliphatic rings. The second-order valence-electron chi connectivity index (χ2n) is 5.19. The van der Waals surface area contributed by atoms with E-state index in [-0.39, 0.29) is 0 Å². The van der Waals surface area contributed by atoms with E-state index in [1.165, 1.54) is 37.2 Å². The van der Waals surface area contributed by atoms with Gasteiger partial charge in [0.2, 0.25) is 0 Å². The fraction of sp³-hybridized carbons (Fsp3) is 0.667. The summed E-state index contributed by atoms with van der Waals surface area (Å²) >= 11 is 0. The van der Waals surface area contributed by atoms with Crippen LogP contribution in [0.3, 0.4) is 0 Å². The number of hydrogen-bond acceptors (Lipinski definition) is 3. The van der Waals surface area contributed by atoms with E-state index in [0.29, 0.717) is 0 Å². The molecule has 2 rings (SSSR count). The van der Waals surface area contributed by atoms with Gasteiger partial charge in [0.15, 0.2) is 0 Å². The van der Waals surface area contributed by atoms with Crippen LogP contribution in [-0.2, 0) is 13.1 Å². The molecule has 18 heavy (non-hydrogen) atoms. The van der Waals surface area contributed by atoms with Gasteiger partial charge in [0, 0.05) is 25.8 Å². The quantitative estimate of drug-likeness (QED) is 0.837. The first kappa shape index (κ1) is 13.5. The summed E-state index contributed by atoms with van der Waals surface area (Å²) in [5, 5.41) is 3.39. The maximum atomic E-state index is 4.56. The molecule has 3 heteroatoms. The molecule has 2 heterocycles. The third kappa shape index (κ3) is 3.53. The van der Waals surface area contributed by atoms with Crippen LogP contribution in [0.1, 0.15) is 37.9 Å². The summed E-state index contributed by atoms with van der Waals surface area (Å²) in [6.45, 7) is 9.87. The van der Waals surface area contributed by atoms with Crippen LogP contribution in [0.4, 0.5) is 0 Å². The SMILES string of the molecule is CCNCc1cccnc1CN1CCC(CC)C1. The van der Waals surface area contributed by atoms with Crippen LogP contribution in [0.15, 0.2) is 18.3 Å². The lowest BCUT2D eigenvalue weighted by molar-refractivity contribution is 0.310. The molecule has 0 aliphatic carbocycles. The zero-order valence-electron chi connectivity index (χ0n) is 11.7. The van der Waals surface area contributed by atoms with E-state index in [1.54, 1.807) is 0 Å². The standard InChI is InChI=1S/C15H25N3/c1-3-13-7-9-18(11-13)12-15-14(10-16-4-2)6-5-8-17-15/h5-6,8,13,16H,3-4,7,9-12H2,1-2H3. The Morgan fingerprint density at radius 3 is 3.06 bits per heavy atom. The highest BCUT2D eigenvalue weighted by atomic mass is 15.1. The van der Waals surface area contributed by atoms with Gasteiger partial charge in [0.25, 0.3) is 0 Å². The summed E-state index contributed by atoms with van der Waals surface area (Å²) in [5.74, 6) is 0.894. The number of rotatable bonds is 6. The van der Waals surface area contributed by atoms with Crippen molar-refractivity contribution in [1.82, 2.24) is 15.2 Å². The molecular weight excluding hydrogens is 222 g/mol. The molecule has 1 saturated heterocycles. The molecule has 0 radical (unpaired) electrons. The lowest BCUT2D eigenvalue weighted by atomic mass is 10.1. The maximum Gasteiger partial charge on any atom is 0.0588 e. The van der Waals surface area contributed by atoms with Gasteiger partial charge < -0.3 is 5.32 Å². The minimum atomic E-state index is 0.894. The predicted molar refractivity (Wildman–Crippen MR) is 75.3 cm³/mol. The van der Waals surface area contributed by atoms with Crippen molar-refractivity contribution >= 4 is 0 Å². The Bertz CT molecular complexity index is 365. The Hall–Kier alpha value is -0.930. The van der Waals surface area contributed by atoms with Gasteiger partial charge >= 0.3 is 0 Å². The lowest BCUT2D eigenvalue weighted by Gasteiger charge is -2.17. The van der Waals surface area contributed by atoms with Crippen LogP contribution in [0.2, 0.25) is 0 Å². The Kier molecular flexibility index (Phi) is 5.14. The Balaban J connectivity index is 1.96. The second-order valence-corrected chi connectivity index (χ2v) is 5.19. The average molecular weight is 247 g/mol. The van der Waals surface area contributed by atoms with Gasteiger partial charge in [-0.3, -0.25) is 9.88 Å². The van der Waals surface area contributed by atoms with E-state index in [4.69, 9.17) is 0 Å². The number of nitrogens with zero attached hydrogens (tertiary/aromatic N) is 2. The van der Waals surface area contributed by atoms with Crippen LogP contribution in [0, 0.1) is 5.92 Å². The molecule has 1 fully saturated rings. The predicted octanol–water partition coefficient (Wildman–Crippen LogP) is 2.42. The second kappa shape index (κ2) is 6.86.